The fraction of sp³-hybridized carbons (Fsp3) is 0.412. The highest BCUT2D eigenvalue weighted by Gasteiger charge is 2.15. The van der Waals surface area contributed by atoms with E-state index in [0.29, 0.717) is 23.0 Å². The van der Waals surface area contributed by atoms with Crippen LogP contribution in [0.3, 0.4) is 0 Å². The minimum atomic E-state index is -0.581. The highest BCUT2D eigenvalue weighted by Crippen LogP contribution is 2.16. The summed E-state index contributed by atoms with van der Waals surface area (Å²) in [5.74, 6) is 0.201. The van der Waals surface area contributed by atoms with E-state index in [2.05, 4.69) is 4.98 Å². The number of aromatic nitrogens is 2. The van der Waals surface area contributed by atoms with E-state index in [1.54, 1.807) is 28.8 Å². The second kappa shape index (κ2) is 6.61. The number of aryl methyl sites for hydroxylation is 1. The molecule has 3 rings (SSSR count). The SMILES string of the molecule is N#CCOC(=O)c1ccc2c(=O)n3c(nc2c1)CCCCCC3. The van der Waals surface area contributed by atoms with Gasteiger partial charge in [-0.05, 0) is 31.0 Å². The van der Waals surface area contributed by atoms with E-state index < -0.39 is 5.97 Å². The summed E-state index contributed by atoms with van der Waals surface area (Å²) in [5.41, 5.74) is 0.757. The first-order valence-corrected chi connectivity index (χ1v) is 7.78. The van der Waals surface area contributed by atoms with Crippen molar-refractivity contribution in [2.75, 3.05) is 6.61 Å². The van der Waals surface area contributed by atoms with Gasteiger partial charge < -0.3 is 4.74 Å². The summed E-state index contributed by atoms with van der Waals surface area (Å²) in [4.78, 5) is 29.1. The quantitative estimate of drug-likeness (QED) is 0.794. The number of ether oxygens (including phenoxy) is 1. The lowest BCUT2D eigenvalue weighted by Crippen LogP contribution is -2.26. The number of rotatable bonds is 2. The van der Waals surface area contributed by atoms with Crippen molar-refractivity contribution >= 4 is 16.9 Å². The van der Waals surface area contributed by atoms with Crippen molar-refractivity contribution in [3.63, 3.8) is 0 Å². The van der Waals surface area contributed by atoms with Crippen LogP contribution in [0.25, 0.3) is 10.9 Å². The Balaban J connectivity index is 2.06. The molecule has 0 aliphatic carbocycles. The smallest absolute Gasteiger partial charge is 0.339 e. The van der Waals surface area contributed by atoms with Crippen molar-refractivity contribution < 1.29 is 9.53 Å². The number of carbonyl (C=O) groups excluding carboxylic acids is 1. The predicted octanol–water partition coefficient (Wildman–Crippen LogP) is 2.19. The van der Waals surface area contributed by atoms with Gasteiger partial charge in [0.25, 0.3) is 5.56 Å². The highest BCUT2D eigenvalue weighted by atomic mass is 16.5. The summed E-state index contributed by atoms with van der Waals surface area (Å²) >= 11 is 0. The van der Waals surface area contributed by atoms with Gasteiger partial charge in [-0.2, -0.15) is 5.26 Å². The predicted molar refractivity (Wildman–Crippen MR) is 84.1 cm³/mol. The molecule has 0 bridgehead atoms. The van der Waals surface area contributed by atoms with Gasteiger partial charge in [0, 0.05) is 13.0 Å². The van der Waals surface area contributed by atoms with Gasteiger partial charge in [-0.25, -0.2) is 9.78 Å². The molecule has 0 radical (unpaired) electrons. The number of hydrogen-bond acceptors (Lipinski definition) is 5. The van der Waals surface area contributed by atoms with Crippen molar-refractivity contribution in [2.24, 2.45) is 0 Å². The number of hydrogen-bond donors (Lipinski definition) is 0. The summed E-state index contributed by atoms with van der Waals surface area (Å²) in [7, 11) is 0. The molecule has 0 fully saturated rings. The van der Waals surface area contributed by atoms with Crippen LogP contribution in [0, 0.1) is 11.3 Å². The average molecular weight is 311 g/mol. The van der Waals surface area contributed by atoms with Crippen LogP contribution in [0.5, 0.6) is 0 Å². The molecule has 23 heavy (non-hydrogen) atoms. The fourth-order valence-corrected chi connectivity index (χ4v) is 2.90. The van der Waals surface area contributed by atoms with Crippen molar-refractivity contribution in [1.82, 2.24) is 9.55 Å². The maximum Gasteiger partial charge on any atom is 0.339 e. The third-order valence-corrected chi connectivity index (χ3v) is 4.07. The first kappa shape index (κ1) is 15.2. The van der Waals surface area contributed by atoms with Crippen LogP contribution in [-0.4, -0.2) is 22.1 Å². The lowest BCUT2D eigenvalue weighted by Gasteiger charge is -2.16. The molecule has 0 N–H and O–H groups in total. The normalized spacial score (nSPS) is 14.4. The third-order valence-electron chi connectivity index (χ3n) is 4.07. The zero-order valence-corrected chi connectivity index (χ0v) is 12.7. The molecule has 1 aliphatic rings. The molecule has 0 unspecified atom stereocenters. The lowest BCUT2D eigenvalue weighted by atomic mass is 10.1. The van der Waals surface area contributed by atoms with Gasteiger partial charge in [-0.3, -0.25) is 9.36 Å². The van der Waals surface area contributed by atoms with E-state index >= 15 is 0 Å². The summed E-state index contributed by atoms with van der Waals surface area (Å²) in [6, 6.07) is 6.48. The molecule has 1 aromatic heterocycles. The first-order chi connectivity index (χ1) is 11.2. The van der Waals surface area contributed by atoms with Crippen LogP contribution in [0.1, 0.15) is 41.9 Å². The number of esters is 1. The van der Waals surface area contributed by atoms with Gasteiger partial charge in [0.2, 0.25) is 0 Å². The highest BCUT2D eigenvalue weighted by molar-refractivity contribution is 5.94. The van der Waals surface area contributed by atoms with Crippen molar-refractivity contribution in [3.05, 3.63) is 39.9 Å². The number of carbonyl (C=O) groups is 1. The Hall–Kier alpha value is -2.68. The van der Waals surface area contributed by atoms with Crippen LogP contribution in [-0.2, 0) is 17.7 Å². The van der Waals surface area contributed by atoms with Gasteiger partial charge >= 0.3 is 5.97 Å². The molecule has 0 atom stereocenters. The monoisotopic (exact) mass is 311 g/mol. The average Bonchev–Trinajstić information content (AvgIpc) is 2.54. The molecule has 6 heteroatoms. The van der Waals surface area contributed by atoms with Crippen molar-refractivity contribution in [2.45, 2.75) is 38.6 Å². The zero-order valence-electron chi connectivity index (χ0n) is 12.7. The molecule has 2 aromatic rings. The van der Waals surface area contributed by atoms with Gasteiger partial charge in [0.05, 0.1) is 16.5 Å². The molecule has 0 saturated heterocycles. The van der Waals surface area contributed by atoms with Crippen LogP contribution >= 0.6 is 0 Å². The maximum absolute atomic E-state index is 12.7. The topological polar surface area (TPSA) is 85.0 Å². The van der Waals surface area contributed by atoms with Crippen LogP contribution in [0.4, 0.5) is 0 Å². The molecule has 6 nitrogen and oxygen atoms in total. The Morgan fingerprint density at radius 2 is 2.13 bits per heavy atom. The first-order valence-electron chi connectivity index (χ1n) is 7.78. The van der Waals surface area contributed by atoms with Gasteiger partial charge in [0.1, 0.15) is 11.9 Å². The Morgan fingerprint density at radius 1 is 1.30 bits per heavy atom. The minimum absolute atomic E-state index is 0.0520. The van der Waals surface area contributed by atoms with E-state index in [1.807, 2.05) is 0 Å². The number of benzene rings is 1. The minimum Gasteiger partial charge on any atom is -0.447 e. The van der Waals surface area contributed by atoms with Crippen molar-refractivity contribution in [3.8, 4) is 6.07 Å². The summed E-state index contributed by atoms with van der Waals surface area (Å²) in [6.07, 6.45) is 5.05. The molecule has 1 aliphatic heterocycles. The van der Waals surface area contributed by atoms with Crippen LogP contribution in [0.2, 0.25) is 0 Å². The molecule has 0 amide bonds. The Morgan fingerprint density at radius 3 is 2.96 bits per heavy atom. The Labute approximate surface area is 133 Å². The lowest BCUT2D eigenvalue weighted by molar-refractivity contribution is 0.0555. The molecular weight excluding hydrogens is 294 g/mol. The fourth-order valence-electron chi connectivity index (χ4n) is 2.90. The van der Waals surface area contributed by atoms with Gasteiger partial charge in [-0.15, -0.1) is 0 Å². The second-order valence-electron chi connectivity index (χ2n) is 5.62. The van der Waals surface area contributed by atoms with Crippen molar-refractivity contribution in [1.29, 1.82) is 5.26 Å². The van der Waals surface area contributed by atoms with E-state index in [-0.39, 0.29) is 12.2 Å². The largest absolute Gasteiger partial charge is 0.447 e. The van der Waals surface area contributed by atoms with Gasteiger partial charge in [0.15, 0.2) is 6.61 Å². The number of fused-ring (bicyclic) bond motifs is 2. The molecule has 118 valence electrons. The van der Waals surface area contributed by atoms with E-state index in [4.69, 9.17) is 10.00 Å². The Bertz CT molecular complexity index is 849. The number of nitrogens with zero attached hydrogens (tertiary/aromatic N) is 3. The molecule has 1 aromatic carbocycles. The zero-order chi connectivity index (χ0) is 16.2. The molecule has 2 heterocycles. The van der Waals surface area contributed by atoms with Crippen LogP contribution < -0.4 is 5.56 Å². The summed E-state index contributed by atoms with van der Waals surface area (Å²) in [5, 5.41) is 8.97. The molecule has 0 saturated carbocycles. The van der Waals surface area contributed by atoms with E-state index in [9.17, 15) is 9.59 Å². The Kier molecular flexibility index (Phi) is 4.38. The van der Waals surface area contributed by atoms with E-state index in [1.165, 1.54) is 0 Å². The summed E-state index contributed by atoms with van der Waals surface area (Å²) < 4.78 is 6.55. The molecular formula is C17H17N3O3. The second-order valence-corrected chi connectivity index (χ2v) is 5.62. The maximum atomic E-state index is 12.7. The third kappa shape index (κ3) is 3.09. The van der Waals surface area contributed by atoms with Crippen LogP contribution in [0.15, 0.2) is 23.0 Å². The number of nitriles is 1. The molecule has 0 spiro atoms. The standard InChI is InChI=1S/C17H17N3O3/c18-8-10-23-17(22)12-6-7-13-14(11-12)19-15-5-3-1-2-4-9-20(15)16(13)21/h6-7,11H,1-5,9-10H2. The van der Waals surface area contributed by atoms with Gasteiger partial charge in [-0.1, -0.05) is 12.8 Å². The summed E-state index contributed by atoms with van der Waals surface area (Å²) in [6.45, 7) is 0.403. The van der Waals surface area contributed by atoms with E-state index in [0.717, 1.165) is 37.9 Å².